The van der Waals surface area contributed by atoms with Gasteiger partial charge in [0.15, 0.2) is 0 Å². The van der Waals surface area contributed by atoms with E-state index in [-0.39, 0.29) is 5.97 Å². The molecule has 0 atom stereocenters. The number of rotatable bonds is 7. The summed E-state index contributed by atoms with van der Waals surface area (Å²) in [7, 11) is 0. The van der Waals surface area contributed by atoms with Crippen molar-refractivity contribution in [3.63, 3.8) is 0 Å². The second-order valence-electron chi connectivity index (χ2n) is 4.49. The molecular weight excluding hydrogens is 224 g/mol. The topological polar surface area (TPSA) is 26.3 Å². The van der Waals surface area contributed by atoms with Gasteiger partial charge in [0.25, 0.3) is 0 Å². The minimum absolute atomic E-state index is 0.292. The fourth-order valence-electron chi connectivity index (χ4n) is 1.62. The van der Waals surface area contributed by atoms with E-state index in [1.165, 1.54) is 25.5 Å². The minimum Gasteiger partial charge on any atom is -0.431 e. The summed E-state index contributed by atoms with van der Waals surface area (Å²) >= 11 is 0. The first-order chi connectivity index (χ1) is 8.74. The smallest absolute Gasteiger partial charge is 0.342 e. The average molecular weight is 246 g/mol. The van der Waals surface area contributed by atoms with Crippen LogP contribution in [-0.4, -0.2) is 5.97 Å². The molecule has 98 valence electrons. The third-order valence-corrected chi connectivity index (χ3v) is 2.78. The predicted molar refractivity (Wildman–Crippen MR) is 74.5 cm³/mol. The Balaban J connectivity index is 2.24. The number of benzene rings is 1. The van der Waals surface area contributed by atoms with E-state index in [0.29, 0.717) is 5.56 Å². The highest BCUT2D eigenvalue weighted by atomic mass is 16.5. The highest BCUT2D eigenvalue weighted by molar-refractivity contribution is 5.89. The molecule has 1 aromatic carbocycles. The number of carbonyl (C=O) groups excluding carboxylic acids is 1. The number of allylic oxidation sites excluding steroid dienone is 1. The molecule has 2 heteroatoms. The van der Waals surface area contributed by atoms with E-state index in [2.05, 4.69) is 6.92 Å². The maximum absolute atomic E-state index is 11.6. The quantitative estimate of drug-likeness (QED) is 0.398. The van der Waals surface area contributed by atoms with Crippen molar-refractivity contribution in [3.8, 4) is 0 Å². The Morgan fingerprint density at radius 2 is 1.89 bits per heavy atom. The van der Waals surface area contributed by atoms with Gasteiger partial charge in [0.1, 0.15) is 0 Å². The van der Waals surface area contributed by atoms with Crippen LogP contribution in [0.15, 0.2) is 36.6 Å². The lowest BCUT2D eigenvalue weighted by molar-refractivity contribution is 0.0662. The lowest BCUT2D eigenvalue weighted by Gasteiger charge is -2.00. The molecule has 0 N–H and O–H groups in total. The third kappa shape index (κ3) is 5.67. The average Bonchev–Trinajstić information content (AvgIpc) is 2.38. The van der Waals surface area contributed by atoms with Gasteiger partial charge in [0.05, 0.1) is 11.8 Å². The number of aryl methyl sites for hydroxylation is 1. The number of unbranched alkanes of at least 4 members (excludes halogenated alkanes) is 4. The second kappa shape index (κ2) is 8.51. The van der Waals surface area contributed by atoms with Gasteiger partial charge in [-0.1, -0.05) is 43.9 Å². The number of carbonyl (C=O) groups is 1. The Hall–Kier alpha value is -1.57. The monoisotopic (exact) mass is 246 g/mol. The molecule has 0 bridgehead atoms. The summed E-state index contributed by atoms with van der Waals surface area (Å²) in [4.78, 5) is 11.6. The SMILES string of the molecule is CCCCCC/C=C\OC(=O)c1ccc(C)cc1. The van der Waals surface area contributed by atoms with E-state index in [0.717, 1.165) is 18.4 Å². The fraction of sp³-hybridized carbons (Fsp3) is 0.438. The van der Waals surface area contributed by atoms with Crippen LogP contribution < -0.4 is 0 Å². The Labute approximate surface area is 110 Å². The zero-order valence-electron chi connectivity index (χ0n) is 11.3. The summed E-state index contributed by atoms with van der Waals surface area (Å²) in [5.74, 6) is -0.292. The number of esters is 1. The van der Waals surface area contributed by atoms with Crippen LogP contribution in [0.4, 0.5) is 0 Å². The molecule has 0 unspecified atom stereocenters. The first kappa shape index (κ1) is 14.5. The lowest BCUT2D eigenvalue weighted by atomic mass is 10.1. The summed E-state index contributed by atoms with van der Waals surface area (Å²) in [6.45, 7) is 4.19. The van der Waals surface area contributed by atoms with E-state index in [4.69, 9.17) is 4.74 Å². The van der Waals surface area contributed by atoms with Crippen molar-refractivity contribution in [2.45, 2.75) is 46.0 Å². The Morgan fingerprint density at radius 3 is 2.56 bits per heavy atom. The lowest BCUT2D eigenvalue weighted by Crippen LogP contribution is -1.99. The predicted octanol–water partition coefficient (Wildman–Crippen LogP) is 4.64. The summed E-state index contributed by atoms with van der Waals surface area (Å²) < 4.78 is 5.05. The zero-order valence-corrected chi connectivity index (χ0v) is 11.3. The van der Waals surface area contributed by atoms with Gasteiger partial charge in [-0.2, -0.15) is 0 Å². The second-order valence-corrected chi connectivity index (χ2v) is 4.49. The Kier molecular flexibility index (Phi) is 6.85. The molecule has 0 amide bonds. The molecule has 0 saturated carbocycles. The van der Waals surface area contributed by atoms with Gasteiger partial charge in [-0.15, -0.1) is 0 Å². The molecule has 1 rings (SSSR count). The molecule has 0 aliphatic rings. The van der Waals surface area contributed by atoms with Gasteiger partial charge in [0.2, 0.25) is 0 Å². The van der Waals surface area contributed by atoms with Crippen molar-refractivity contribution in [1.82, 2.24) is 0 Å². The Bertz CT molecular complexity index is 377. The molecule has 0 radical (unpaired) electrons. The molecule has 0 spiro atoms. The molecular formula is C16H22O2. The number of ether oxygens (including phenoxy) is 1. The molecule has 0 fully saturated rings. The molecule has 0 heterocycles. The standard InChI is InChI=1S/C16H22O2/c1-3-4-5-6-7-8-13-18-16(17)15-11-9-14(2)10-12-15/h8-13H,3-7H2,1-2H3/b13-8-. The fourth-order valence-corrected chi connectivity index (χ4v) is 1.62. The normalized spacial score (nSPS) is 10.8. The summed E-state index contributed by atoms with van der Waals surface area (Å²) in [6.07, 6.45) is 9.32. The molecule has 0 saturated heterocycles. The van der Waals surface area contributed by atoms with Gasteiger partial charge < -0.3 is 4.74 Å². The number of hydrogen-bond acceptors (Lipinski definition) is 2. The molecule has 0 aliphatic carbocycles. The highest BCUT2D eigenvalue weighted by Gasteiger charge is 2.03. The molecule has 0 aliphatic heterocycles. The Morgan fingerprint density at radius 1 is 1.17 bits per heavy atom. The third-order valence-electron chi connectivity index (χ3n) is 2.78. The van der Waals surface area contributed by atoms with Crippen molar-refractivity contribution in [2.75, 3.05) is 0 Å². The van der Waals surface area contributed by atoms with E-state index < -0.39 is 0 Å². The maximum Gasteiger partial charge on any atom is 0.342 e. The van der Waals surface area contributed by atoms with Crippen LogP contribution in [0.5, 0.6) is 0 Å². The van der Waals surface area contributed by atoms with Gasteiger partial charge in [-0.05, 0) is 38.0 Å². The van der Waals surface area contributed by atoms with Gasteiger partial charge in [-0.3, -0.25) is 0 Å². The largest absolute Gasteiger partial charge is 0.431 e. The molecule has 2 nitrogen and oxygen atoms in total. The van der Waals surface area contributed by atoms with Gasteiger partial charge in [-0.25, -0.2) is 4.79 Å². The van der Waals surface area contributed by atoms with Crippen LogP contribution in [0.1, 0.15) is 54.9 Å². The van der Waals surface area contributed by atoms with Crippen LogP contribution in [-0.2, 0) is 4.74 Å². The van der Waals surface area contributed by atoms with Gasteiger partial charge >= 0.3 is 5.97 Å². The highest BCUT2D eigenvalue weighted by Crippen LogP contribution is 2.06. The minimum atomic E-state index is -0.292. The van der Waals surface area contributed by atoms with Crippen LogP contribution in [0.25, 0.3) is 0 Å². The molecule has 0 aromatic heterocycles. The van der Waals surface area contributed by atoms with Crippen molar-refractivity contribution >= 4 is 5.97 Å². The van der Waals surface area contributed by atoms with E-state index in [9.17, 15) is 4.79 Å². The molecule has 18 heavy (non-hydrogen) atoms. The summed E-state index contributed by atoms with van der Waals surface area (Å²) in [6, 6.07) is 7.38. The maximum atomic E-state index is 11.6. The number of hydrogen-bond donors (Lipinski definition) is 0. The first-order valence-electron chi connectivity index (χ1n) is 6.66. The molecule has 1 aromatic rings. The summed E-state index contributed by atoms with van der Waals surface area (Å²) in [5.41, 5.74) is 1.73. The van der Waals surface area contributed by atoms with E-state index >= 15 is 0 Å². The van der Waals surface area contributed by atoms with E-state index in [1.54, 1.807) is 12.1 Å². The van der Waals surface area contributed by atoms with Gasteiger partial charge in [0, 0.05) is 0 Å². The summed E-state index contributed by atoms with van der Waals surface area (Å²) in [5, 5.41) is 0. The van der Waals surface area contributed by atoms with Crippen LogP contribution in [0.3, 0.4) is 0 Å². The van der Waals surface area contributed by atoms with Crippen molar-refractivity contribution < 1.29 is 9.53 Å². The van der Waals surface area contributed by atoms with Crippen LogP contribution >= 0.6 is 0 Å². The van der Waals surface area contributed by atoms with Crippen LogP contribution in [0, 0.1) is 6.92 Å². The van der Waals surface area contributed by atoms with Crippen LogP contribution in [0.2, 0.25) is 0 Å². The van der Waals surface area contributed by atoms with Crippen molar-refractivity contribution in [3.05, 3.63) is 47.7 Å². The van der Waals surface area contributed by atoms with E-state index in [1.807, 2.05) is 25.1 Å². The first-order valence-corrected chi connectivity index (χ1v) is 6.66. The van der Waals surface area contributed by atoms with Crippen molar-refractivity contribution in [2.24, 2.45) is 0 Å². The van der Waals surface area contributed by atoms with Crippen molar-refractivity contribution in [1.29, 1.82) is 0 Å². The zero-order chi connectivity index (χ0) is 13.2.